The number of hydrogen-bond donors (Lipinski definition) is 0. The predicted molar refractivity (Wildman–Crippen MR) is 66.2 cm³/mol. The molecule has 0 aromatic heterocycles. The number of hydrogen-bond acceptors (Lipinski definition) is 4. The average Bonchev–Trinajstić information content (AvgIpc) is 2.38. The molecule has 0 spiro atoms. The molecule has 108 valence electrons. The third kappa shape index (κ3) is 0.850. The summed E-state index contributed by atoms with van der Waals surface area (Å²) in [5.74, 6) is 4.16. The Kier molecular flexibility index (Phi) is 1.81. The minimum atomic E-state index is -0.388. The maximum Gasteiger partial charge on any atom is 0.429 e. The Balaban J connectivity index is 1.48. The number of amides is 2. The smallest absolute Gasteiger partial charge is 0.429 e. The van der Waals surface area contributed by atoms with E-state index < -0.39 is 0 Å². The number of fused-ring (bicyclic) bond motifs is 1. The molecular weight excluding hydrogens is 260 g/mol. The molecule has 6 rings (SSSR count). The highest BCUT2D eigenvalue weighted by molar-refractivity contribution is 5.77. The van der Waals surface area contributed by atoms with E-state index >= 15 is 0 Å². The maximum absolute atomic E-state index is 12.3. The molecular formula is C14H18N2O4. The lowest BCUT2D eigenvalue weighted by Crippen LogP contribution is -3.00. The fourth-order valence-corrected chi connectivity index (χ4v) is 6.06. The Bertz CT molecular complexity index is 457. The van der Waals surface area contributed by atoms with Crippen LogP contribution in [0.25, 0.3) is 0 Å². The van der Waals surface area contributed by atoms with Crippen molar-refractivity contribution < 1.29 is 19.1 Å². The Morgan fingerprint density at radius 1 is 0.750 bits per heavy atom. The van der Waals surface area contributed by atoms with Gasteiger partial charge < -0.3 is 9.47 Å². The van der Waals surface area contributed by atoms with Crippen LogP contribution in [0.3, 0.4) is 0 Å². The van der Waals surface area contributed by atoms with Gasteiger partial charge in [-0.2, -0.15) is 0 Å². The van der Waals surface area contributed by atoms with E-state index in [4.69, 9.17) is 9.47 Å². The largest absolute Gasteiger partial charge is 0.448 e. The molecule has 0 aromatic rings. The lowest BCUT2D eigenvalue weighted by Gasteiger charge is -2.94. The zero-order chi connectivity index (χ0) is 13.8. The number of nitrogens with zero attached hydrogens (tertiary/aromatic N) is 2. The molecule has 20 heavy (non-hydrogen) atoms. The number of carbonyl (C=O) groups excluding carboxylic acids is 2. The van der Waals surface area contributed by atoms with Crippen molar-refractivity contribution in [1.82, 2.24) is 10.0 Å². The number of rotatable bonds is 2. The zero-order valence-corrected chi connectivity index (χ0v) is 11.6. The van der Waals surface area contributed by atoms with Gasteiger partial charge in [0.05, 0.1) is 25.3 Å². The SMILES string of the molecule is CCOC(=O)N1C2[C@H]3C4C5[C@H]3C([C@H]5[C@@H]42)N1C(=O)OCC. The van der Waals surface area contributed by atoms with Crippen molar-refractivity contribution >= 4 is 12.2 Å². The highest BCUT2D eigenvalue weighted by Crippen LogP contribution is 2.87. The van der Waals surface area contributed by atoms with Crippen molar-refractivity contribution in [3.8, 4) is 0 Å². The number of carbonyl (C=O) groups is 2. The van der Waals surface area contributed by atoms with Crippen molar-refractivity contribution in [1.29, 1.82) is 0 Å². The van der Waals surface area contributed by atoms with Gasteiger partial charge in [-0.05, 0) is 49.4 Å². The second-order valence-electron chi connectivity index (χ2n) is 6.53. The molecule has 8 atom stereocenters. The summed E-state index contributed by atoms with van der Waals surface area (Å²) >= 11 is 0. The Morgan fingerprint density at radius 3 is 1.40 bits per heavy atom. The fourth-order valence-electron chi connectivity index (χ4n) is 6.06. The van der Waals surface area contributed by atoms with Gasteiger partial charge in [0.1, 0.15) is 0 Å². The van der Waals surface area contributed by atoms with E-state index in [-0.39, 0.29) is 24.3 Å². The van der Waals surface area contributed by atoms with Gasteiger partial charge in [-0.25, -0.2) is 19.6 Å². The van der Waals surface area contributed by atoms with Gasteiger partial charge in [-0.1, -0.05) is 0 Å². The molecule has 2 heterocycles. The van der Waals surface area contributed by atoms with Gasteiger partial charge in [-0.15, -0.1) is 0 Å². The third-order valence-corrected chi connectivity index (χ3v) is 6.40. The normalized spacial score (nSPS) is 51.1. The molecule has 0 radical (unpaired) electrons. The van der Waals surface area contributed by atoms with E-state index in [1.54, 1.807) is 23.9 Å². The highest BCUT2D eigenvalue weighted by atomic mass is 16.6. The van der Waals surface area contributed by atoms with E-state index in [2.05, 4.69) is 0 Å². The molecule has 6 aliphatic rings. The molecule has 4 unspecified atom stereocenters. The van der Waals surface area contributed by atoms with E-state index in [9.17, 15) is 9.59 Å². The van der Waals surface area contributed by atoms with Gasteiger partial charge >= 0.3 is 12.2 Å². The second kappa shape index (κ2) is 3.23. The number of hydrazine groups is 1. The summed E-state index contributed by atoms with van der Waals surface area (Å²) < 4.78 is 10.3. The van der Waals surface area contributed by atoms with Crippen molar-refractivity contribution in [2.24, 2.45) is 35.5 Å². The molecule has 4 saturated carbocycles. The van der Waals surface area contributed by atoms with Crippen LogP contribution in [0.15, 0.2) is 0 Å². The van der Waals surface area contributed by atoms with Crippen LogP contribution in [-0.4, -0.2) is 47.5 Å². The van der Waals surface area contributed by atoms with Crippen LogP contribution in [0.2, 0.25) is 0 Å². The highest BCUT2D eigenvalue weighted by Gasteiger charge is 2.92. The second-order valence-corrected chi connectivity index (χ2v) is 6.53. The van der Waals surface area contributed by atoms with Crippen LogP contribution in [-0.2, 0) is 9.47 Å². The molecule has 4 aliphatic carbocycles. The van der Waals surface area contributed by atoms with Crippen molar-refractivity contribution in [3.63, 3.8) is 0 Å². The summed E-state index contributed by atoms with van der Waals surface area (Å²) in [4.78, 5) is 24.5. The summed E-state index contributed by atoms with van der Waals surface area (Å²) in [6, 6.07) is 0.377. The van der Waals surface area contributed by atoms with Crippen LogP contribution < -0.4 is 0 Å². The molecule has 0 aromatic carbocycles. The van der Waals surface area contributed by atoms with E-state index in [1.807, 2.05) is 0 Å². The standard InChI is InChI=1S/C14H18N2O4/c1-3-19-13(17)15-11-7-5-6-9(7)12(10(6)8(5)11)16(15)14(18)20-4-2/h5-12H,3-4H2,1-2H3/t5?,6?,7-,8-,9-,10+,11?,12?/m1/s1. The van der Waals surface area contributed by atoms with Gasteiger partial charge in [0.2, 0.25) is 0 Å². The first-order valence-electron chi connectivity index (χ1n) is 7.64. The van der Waals surface area contributed by atoms with Gasteiger partial charge in [0.25, 0.3) is 0 Å². The quantitative estimate of drug-likeness (QED) is 0.764. The average molecular weight is 278 g/mol. The molecule has 0 N–H and O–H groups in total. The van der Waals surface area contributed by atoms with Gasteiger partial charge in [-0.3, -0.25) is 0 Å². The van der Waals surface area contributed by atoms with Gasteiger partial charge in [0, 0.05) is 0 Å². The Hall–Kier alpha value is -1.46. The first-order valence-corrected chi connectivity index (χ1v) is 7.64. The lowest BCUT2D eigenvalue weighted by atomic mass is 9.16. The van der Waals surface area contributed by atoms with Crippen LogP contribution in [0.4, 0.5) is 9.59 Å². The van der Waals surface area contributed by atoms with Crippen LogP contribution in [0.1, 0.15) is 13.8 Å². The van der Waals surface area contributed by atoms with Crippen molar-refractivity contribution in [2.45, 2.75) is 25.9 Å². The minimum absolute atomic E-state index is 0.188. The van der Waals surface area contributed by atoms with Crippen LogP contribution in [0.5, 0.6) is 0 Å². The number of ether oxygens (including phenoxy) is 2. The first kappa shape index (κ1) is 11.2. The minimum Gasteiger partial charge on any atom is -0.448 e. The van der Waals surface area contributed by atoms with Crippen molar-refractivity contribution in [3.05, 3.63) is 0 Å². The van der Waals surface area contributed by atoms with Crippen molar-refractivity contribution in [2.75, 3.05) is 13.2 Å². The summed E-state index contributed by atoms with van der Waals surface area (Å²) in [6.07, 6.45) is -0.775. The van der Waals surface area contributed by atoms with E-state index in [1.165, 1.54) is 0 Å². The summed E-state index contributed by atoms with van der Waals surface area (Å²) in [5, 5.41) is 3.17. The zero-order valence-electron chi connectivity index (χ0n) is 11.6. The summed E-state index contributed by atoms with van der Waals surface area (Å²) in [7, 11) is 0. The third-order valence-electron chi connectivity index (χ3n) is 6.40. The topological polar surface area (TPSA) is 59.1 Å². The lowest BCUT2D eigenvalue weighted by molar-refractivity contribution is -0.482. The predicted octanol–water partition coefficient (Wildman–Crippen LogP) is 1.32. The molecule has 2 amide bonds. The molecule has 2 saturated heterocycles. The molecule has 6 nitrogen and oxygen atoms in total. The van der Waals surface area contributed by atoms with E-state index in [0.29, 0.717) is 36.9 Å². The molecule has 2 aliphatic heterocycles. The molecule has 2 bridgehead atoms. The van der Waals surface area contributed by atoms with Gasteiger partial charge in [0.15, 0.2) is 0 Å². The van der Waals surface area contributed by atoms with Crippen LogP contribution in [0, 0.1) is 35.5 Å². The van der Waals surface area contributed by atoms with E-state index in [0.717, 1.165) is 11.8 Å². The molecule has 6 fully saturated rings. The Labute approximate surface area is 116 Å². The maximum atomic E-state index is 12.3. The van der Waals surface area contributed by atoms with Crippen LogP contribution >= 0.6 is 0 Å². The monoisotopic (exact) mass is 278 g/mol. The fraction of sp³-hybridized carbons (Fsp3) is 0.857. The molecule has 6 heteroatoms. The Morgan fingerprint density at radius 2 is 1.10 bits per heavy atom. The summed E-state index contributed by atoms with van der Waals surface area (Å²) in [6.45, 7) is 4.24. The first-order chi connectivity index (χ1) is 9.72. The summed E-state index contributed by atoms with van der Waals surface area (Å²) in [5.41, 5.74) is 0.